The van der Waals surface area contributed by atoms with E-state index in [9.17, 15) is 4.79 Å². The van der Waals surface area contributed by atoms with Crippen LogP contribution in [0.1, 0.15) is 28.8 Å². The predicted octanol–water partition coefficient (Wildman–Crippen LogP) is 3.14. The summed E-state index contributed by atoms with van der Waals surface area (Å²) in [4.78, 5) is 20.4. The van der Waals surface area contributed by atoms with Crippen molar-refractivity contribution < 1.29 is 19.0 Å². The van der Waals surface area contributed by atoms with Gasteiger partial charge in [0.1, 0.15) is 5.75 Å². The number of carbonyl (C=O) groups is 1. The molecule has 0 atom stereocenters. The minimum atomic E-state index is -0.407. The molecule has 0 radical (unpaired) electrons. The van der Waals surface area contributed by atoms with Gasteiger partial charge in [-0.05, 0) is 50.2 Å². The van der Waals surface area contributed by atoms with Gasteiger partial charge in [-0.1, -0.05) is 18.2 Å². The van der Waals surface area contributed by atoms with Gasteiger partial charge in [-0.2, -0.15) is 0 Å². The van der Waals surface area contributed by atoms with Gasteiger partial charge >= 0.3 is 5.97 Å². The molecule has 0 spiro atoms. The Hall–Kier alpha value is -2.61. The molecule has 178 valence electrons. The number of benzene rings is 2. The molecule has 4 rings (SSSR count). The Morgan fingerprint density at radius 2 is 1.39 bits per heavy atom. The van der Waals surface area contributed by atoms with Gasteiger partial charge < -0.3 is 19.1 Å². The summed E-state index contributed by atoms with van der Waals surface area (Å²) >= 11 is 0. The van der Waals surface area contributed by atoms with Crippen LogP contribution in [0.3, 0.4) is 0 Å². The summed E-state index contributed by atoms with van der Waals surface area (Å²) in [5.74, 6) is 1.28. The highest BCUT2D eigenvalue weighted by atomic mass is 16.5. The summed E-state index contributed by atoms with van der Waals surface area (Å²) in [6.07, 6.45) is 2.70. The van der Waals surface area contributed by atoms with E-state index in [1.165, 1.54) is 32.5 Å². The SMILES string of the molecule is COc1ccc(C(=O)Oc2ccccc2CN2CCN(CCN3CCCC3)CC2)cc1OC. The fourth-order valence-electron chi connectivity index (χ4n) is 4.56. The Kier molecular flexibility index (Phi) is 8.20. The summed E-state index contributed by atoms with van der Waals surface area (Å²) in [6.45, 7) is 9.87. The molecule has 7 heteroatoms. The number of methoxy groups -OCH3 is 2. The average Bonchev–Trinajstić information content (AvgIpc) is 3.38. The molecular formula is C26H35N3O4. The van der Waals surface area contributed by atoms with Crippen molar-refractivity contribution in [2.75, 3.05) is 66.6 Å². The third-order valence-corrected chi connectivity index (χ3v) is 6.58. The zero-order chi connectivity index (χ0) is 23.0. The van der Waals surface area contributed by atoms with E-state index in [1.54, 1.807) is 32.4 Å². The second kappa shape index (κ2) is 11.5. The summed E-state index contributed by atoms with van der Waals surface area (Å²) in [5, 5.41) is 0. The van der Waals surface area contributed by atoms with E-state index in [4.69, 9.17) is 14.2 Å². The molecular weight excluding hydrogens is 418 g/mol. The number of esters is 1. The smallest absolute Gasteiger partial charge is 0.343 e. The summed E-state index contributed by atoms with van der Waals surface area (Å²) in [6, 6.07) is 12.8. The Balaban J connectivity index is 1.32. The van der Waals surface area contributed by atoms with E-state index in [0.717, 1.165) is 44.8 Å². The largest absolute Gasteiger partial charge is 0.493 e. The molecule has 2 heterocycles. The van der Waals surface area contributed by atoms with Gasteiger partial charge in [0.15, 0.2) is 11.5 Å². The minimum absolute atomic E-state index is 0.407. The lowest BCUT2D eigenvalue weighted by Crippen LogP contribution is -2.47. The number of carbonyl (C=O) groups excluding carboxylic acids is 1. The molecule has 0 aliphatic carbocycles. The summed E-state index contributed by atoms with van der Waals surface area (Å²) < 4.78 is 16.3. The standard InChI is InChI=1S/C26H35N3O4/c1-31-24-10-9-21(19-25(24)32-2)26(30)33-23-8-4-3-7-22(23)20-29-17-15-28(16-18-29)14-13-27-11-5-6-12-27/h3-4,7-10,19H,5-6,11-18,20H2,1-2H3. The normalized spacial score (nSPS) is 17.8. The van der Waals surface area contributed by atoms with E-state index >= 15 is 0 Å². The van der Waals surface area contributed by atoms with Crippen molar-refractivity contribution in [2.24, 2.45) is 0 Å². The Morgan fingerprint density at radius 3 is 2.09 bits per heavy atom. The highest BCUT2D eigenvalue weighted by Gasteiger charge is 2.21. The van der Waals surface area contributed by atoms with E-state index in [0.29, 0.717) is 22.8 Å². The van der Waals surface area contributed by atoms with Crippen LogP contribution >= 0.6 is 0 Å². The first-order valence-corrected chi connectivity index (χ1v) is 11.9. The Bertz CT molecular complexity index is 922. The number of nitrogens with zero attached hydrogens (tertiary/aromatic N) is 3. The molecule has 0 aromatic heterocycles. The molecule has 2 aliphatic heterocycles. The number of hydrogen-bond acceptors (Lipinski definition) is 7. The molecule has 0 N–H and O–H groups in total. The van der Waals surface area contributed by atoms with Crippen LogP contribution in [0, 0.1) is 0 Å². The van der Waals surface area contributed by atoms with Crippen LogP contribution in [0.2, 0.25) is 0 Å². The van der Waals surface area contributed by atoms with Gasteiger partial charge in [0.25, 0.3) is 0 Å². The van der Waals surface area contributed by atoms with Crippen LogP contribution in [0.5, 0.6) is 17.2 Å². The molecule has 0 saturated carbocycles. The fraction of sp³-hybridized carbons (Fsp3) is 0.500. The molecule has 2 fully saturated rings. The lowest BCUT2D eigenvalue weighted by atomic mass is 10.1. The van der Waals surface area contributed by atoms with E-state index < -0.39 is 5.97 Å². The summed E-state index contributed by atoms with van der Waals surface area (Å²) in [7, 11) is 3.12. The van der Waals surface area contributed by atoms with Crippen molar-refractivity contribution >= 4 is 5.97 Å². The summed E-state index contributed by atoms with van der Waals surface area (Å²) in [5.41, 5.74) is 1.45. The molecule has 0 unspecified atom stereocenters. The second-order valence-electron chi connectivity index (χ2n) is 8.73. The second-order valence-corrected chi connectivity index (χ2v) is 8.73. The molecule has 2 aromatic rings. The first-order valence-electron chi connectivity index (χ1n) is 11.9. The van der Waals surface area contributed by atoms with E-state index in [-0.39, 0.29) is 0 Å². The van der Waals surface area contributed by atoms with Crippen LogP contribution < -0.4 is 14.2 Å². The van der Waals surface area contributed by atoms with Crippen LogP contribution in [0.4, 0.5) is 0 Å². The molecule has 2 aliphatic rings. The van der Waals surface area contributed by atoms with Crippen LogP contribution in [0.15, 0.2) is 42.5 Å². The maximum Gasteiger partial charge on any atom is 0.343 e. The average molecular weight is 454 g/mol. The Morgan fingerprint density at radius 1 is 0.758 bits per heavy atom. The van der Waals surface area contributed by atoms with Crippen LogP contribution in [-0.4, -0.2) is 87.2 Å². The molecule has 2 aromatic carbocycles. The van der Waals surface area contributed by atoms with Crippen molar-refractivity contribution in [3.8, 4) is 17.2 Å². The van der Waals surface area contributed by atoms with E-state index in [2.05, 4.69) is 14.7 Å². The molecule has 7 nitrogen and oxygen atoms in total. The number of hydrogen-bond donors (Lipinski definition) is 0. The van der Waals surface area contributed by atoms with Crippen LogP contribution in [0.25, 0.3) is 0 Å². The number of rotatable bonds is 9. The van der Waals surface area contributed by atoms with Gasteiger partial charge in [0.2, 0.25) is 0 Å². The maximum absolute atomic E-state index is 12.8. The minimum Gasteiger partial charge on any atom is -0.493 e. The number of likely N-dealkylation sites (tertiary alicyclic amines) is 1. The molecule has 33 heavy (non-hydrogen) atoms. The first kappa shape index (κ1) is 23.5. The third-order valence-electron chi connectivity index (χ3n) is 6.58. The highest BCUT2D eigenvalue weighted by molar-refractivity contribution is 5.92. The molecule has 0 amide bonds. The quantitative estimate of drug-likeness (QED) is 0.427. The fourth-order valence-corrected chi connectivity index (χ4v) is 4.56. The maximum atomic E-state index is 12.8. The Labute approximate surface area is 196 Å². The zero-order valence-electron chi connectivity index (χ0n) is 19.8. The highest BCUT2D eigenvalue weighted by Crippen LogP contribution is 2.29. The molecule has 0 bridgehead atoms. The van der Waals surface area contributed by atoms with Gasteiger partial charge in [-0.15, -0.1) is 0 Å². The van der Waals surface area contributed by atoms with E-state index in [1.807, 2.05) is 24.3 Å². The lowest BCUT2D eigenvalue weighted by molar-refractivity contribution is 0.0728. The topological polar surface area (TPSA) is 54.5 Å². The van der Waals surface area contributed by atoms with Gasteiger partial charge in [0.05, 0.1) is 19.8 Å². The lowest BCUT2D eigenvalue weighted by Gasteiger charge is -2.35. The van der Waals surface area contributed by atoms with Crippen molar-refractivity contribution in [3.05, 3.63) is 53.6 Å². The van der Waals surface area contributed by atoms with Crippen molar-refractivity contribution in [1.82, 2.24) is 14.7 Å². The van der Waals surface area contributed by atoms with Gasteiger partial charge in [-0.25, -0.2) is 4.79 Å². The molecule has 2 saturated heterocycles. The third kappa shape index (κ3) is 6.25. The first-order chi connectivity index (χ1) is 16.2. The van der Waals surface area contributed by atoms with Crippen LogP contribution in [-0.2, 0) is 6.54 Å². The monoisotopic (exact) mass is 453 g/mol. The zero-order valence-corrected chi connectivity index (χ0v) is 19.8. The van der Waals surface area contributed by atoms with Gasteiger partial charge in [-0.3, -0.25) is 9.80 Å². The number of ether oxygens (including phenoxy) is 3. The number of para-hydroxylation sites is 1. The van der Waals surface area contributed by atoms with Gasteiger partial charge in [0, 0.05) is 51.4 Å². The number of piperazine rings is 1. The predicted molar refractivity (Wildman–Crippen MR) is 128 cm³/mol. The van der Waals surface area contributed by atoms with Crippen molar-refractivity contribution in [3.63, 3.8) is 0 Å². The van der Waals surface area contributed by atoms with Crippen molar-refractivity contribution in [2.45, 2.75) is 19.4 Å². The van der Waals surface area contributed by atoms with Crippen molar-refractivity contribution in [1.29, 1.82) is 0 Å².